The van der Waals surface area contributed by atoms with Gasteiger partial charge < -0.3 is 10.6 Å². The normalized spacial score (nSPS) is 21.7. The van der Waals surface area contributed by atoms with Crippen molar-refractivity contribution in [3.05, 3.63) is 18.5 Å². The van der Waals surface area contributed by atoms with Crippen LogP contribution in [-0.2, 0) is 0 Å². The van der Waals surface area contributed by atoms with Crippen LogP contribution >= 0.6 is 11.8 Å². The van der Waals surface area contributed by atoms with Crippen molar-refractivity contribution in [1.82, 2.24) is 4.98 Å². The van der Waals surface area contributed by atoms with E-state index in [0.29, 0.717) is 0 Å². The summed E-state index contributed by atoms with van der Waals surface area (Å²) in [6, 6.07) is 2.01. The summed E-state index contributed by atoms with van der Waals surface area (Å²) in [6.45, 7) is 4.47. The van der Waals surface area contributed by atoms with Gasteiger partial charge >= 0.3 is 0 Å². The molecule has 0 aromatic carbocycles. The summed E-state index contributed by atoms with van der Waals surface area (Å²) < 4.78 is 0. The van der Waals surface area contributed by atoms with E-state index < -0.39 is 0 Å². The maximum Gasteiger partial charge on any atom is 0.0574 e. The molecule has 2 heterocycles. The monoisotopic (exact) mass is 223 g/mol. The van der Waals surface area contributed by atoms with Crippen LogP contribution in [0, 0.1) is 0 Å². The van der Waals surface area contributed by atoms with Gasteiger partial charge in [0, 0.05) is 30.3 Å². The van der Waals surface area contributed by atoms with Crippen LogP contribution in [-0.4, -0.2) is 29.1 Å². The molecule has 0 saturated carbocycles. The SMILES string of the molecule is CCC1CN(c2cncc(N)c2)CCS1. The molecule has 1 aliphatic heterocycles. The zero-order chi connectivity index (χ0) is 10.7. The summed E-state index contributed by atoms with van der Waals surface area (Å²) in [5, 5.41) is 0.750. The lowest BCUT2D eigenvalue weighted by Crippen LogP contribution is -2.37. The van der Waals surface area contributed by atoms with Crippen molar-refractivity contribution in [3.8, 4) is 0 Å². The molecule has 1 saturated heterocycles. The summed E-state index contributed by atoms with van der Waals surface area (Å²) in [4.78, 5) is 6.52. The molecule has 0 amide bonds. The van der Waals surface area contributed by atoms with Gasteiger partial charge in [0.05, 0.1) is 17.6 Å². The fourth-order valence-electron chi connectivity index (χ4n) is 1.82. The van der Waals surface area contributed by atoms with Gasteiger partial charge in [-0.25, -0.2) is 0 Å². The van der Waals surface area contributed by atoms with Crippen LogP contribution in [0.2, 0.25) is 0 Å². The molecule has 1 unspecified atom stereocenters. The first-order chi connectivity index (χ1) is 7.29. The number of pyridine rings is 1. The number of nitrogen functional groups attached to an aromatic ring is 1. The van der Waals surface area contributed by atoms with E-state index >= 15 is 0 Å². The molecule has 82 valence electrons. The lowest BCUT2D eigenvalue weighted by atomic mass is 10.2. The van der Waals surface area contributed by atoms with E-state index in [4.69, 9.17) is 5.73 Å². The first-order valence-electron chi connectivity index (χ1n) is 5.36. The predicted octanol–water partition coefficient (Wildman–Crippen LogP) is 2.00. The number of nitrogens with zero attached hydrogens (tertiary/aromatic N) is 2. The maximum absolute atomic E-state index is 5.74. The van der Waals surface area contributed by atoms with Gasteiger partial charge in [0.25, 0.3) is 0 Å². The molecule has 0 radical (unpaired) electrons. The number of anilines is 2. The molecule has 2 N–H and O–H groups in total. The van der Waals surface area contributed by atoms with Crippen molar-refractivity contribution in [2.75, 3.05) is 29.5 Å². The van der Waals surface area contributed by atoms with Crippen LogP contribution in [0.15, 0.2) is 18.5 Å². The average molecular weight is 223 g/mol. The third kappa shape index (κ3) is 2.56. The zero-order valence-corrected chi connectivity index (χ0v) is 9.83. The van der Waals surface area contributed by atoms with E-state index in [2.05, 4.69) is 28.6 Å². The lowest BCUT2D eigenvalue weighted by molar-refractivity contribution is 0.727. The fourth-order valence-corrected chi connectivity index (χ4v) is 3.00. The number of aromatic nitrogens is 1. The summed E-state index contributed by atoms with van der Waals surface area (Å²) >= 11 is 2.07. The highest BCUT2D eigenvalue weighted by Crippen LogP contribution is 2.25. The van der Waals surface area contributed by atoms with Gasteiger partial charge in [0.1, 0.15) is 0 Å². The standard InChI is InChI=1S/C11H17N3S/c1-2-11-8-14(3-4-15-11)10-5-9(12)6-13-7-10/h5-7,11H,2-4,8,12H2,1H3. The Hall–Kier alpha value is -0.900. The maximum atomic E-state index is 5.74. The van der Waals surface area contributed by atoms with Gasteiger partial charge in [-0.3, -0.25) is 4.98 Å². The highest BCUT2D eigenvalue weighted by molar-refractivity contribution is 8.00. The van der Waals surface area contributed by atoms with Crippen LogP contribution in [0.1, 0.15) is 13.3 Å². The Bertz CT molecular complexity index is 329. The molecule has 0 spiro atoms. The topological polar surface area (TPSA) is 42.2 Å². The third-order valence-corrected chi connectivity index (χ3v) is 4.08. The highest BCUT2D eigenvalue weighted by atomic mass is 32.2. The molecule has 1 atom stereocenters. The average Bonchev–Trinajstić information content (AvgIpc) is 2.29. The Morgan fingerprint density at radius 3 is 3.20 bits per heavy atom. The summed E-state index contributed by atoms with van der Waals surface area (Å²) in [5.41, 5.74) is 7.65. The van der Waals surface area contributed by atoms with Crippen molar-refractivity contribution in [3.63, 3.8) is 0 Å². The minimum atomic E-state index is 0.749. The summed E-state index contributed by atoms with van der Waals surface area (Å²) in [7, 11) is 0. The molecule has 15 heavy (non-hydrogen) atoms. The molecule has 1 aromatic rings. The first kappa shape index (κ1) is 10.6. The molecule has 2 rings (SSSR count). The number of nitrogens with two attached hydrogens (primary N) is 1. The number of rotatable bonds is 2. The van der Waals surface area contributed by atoms with Gasteiger partial charge in [-0.2, -0.15) is 11.8 Å². The van der Waals surface area contributed by atoms with E-state index in [1.165, 1.54) is 12.2 Å². The van der Waals surface area contributed by atoms with Gasteiger partial charge in [-0.15, -0.1) is 0 Å². The van der Waals surface area contributed by atoms with Gasteiger partial charge in [0.2, 0.25) is 0 Å². The number of hydrogen-bond acceptors (Lipinski definition) is 4. The Morgan fingerprint density at radius 1 is 1.60 bits per heavy atom. The van der Waals surface area contributed by atoms with Gasteiger partial charge in [0.15, 0.2) is 0 Å². The summed E-state index contributed by atoms with van der Waals surface area (Å²) in [5.74, 6) is 1.20. The van der Waals surface area contributed by atoms with E-state index in [9.17, 15) is 0 Å². The van der Waals surface area contributed by atoms with E-state index in [-0.39, 0.29) is 0 Å². The van der Waals surface area contributed by atoms with E-state index in [1.54, 1.807) is 6.20 Å². The molecular weight excluding hydrogens is 206 g/mol. The lowest BCUT2D eigenvalue weighted by Gasteiger charge is -2.33. The third-order valence-electron chi connectivity index (χ3n) is 2.70. The zero-order valence-electron chi connectivity index (χ0n) is 9.02. The molecule has 4 heteroatoms. The van der Waals surface area contributed by atoms with Crippen LogP contribution in [0.5, 0.6) is 0 Å². The molecule has 1 aromatic heterocycles. The Labute approximate surface area is 95.1 Å². The van der Waals surface area contributed by atoms with Crippen LogP contribution in [0.3, 0.4) is 0 Å². The fraction of sp³-hybridized carbons (Fsp3) is 0.545. The van der Waals surface area contributed by atoms with Gasteiger partial charge in [-0.05, 0) is 12.5 Å². The van der Waals surface area contributed by atoms with Crippen LogP contribution in [0.25, 0.3) is 0 Å². The molecule has 3 nitrogen and oxygen atoms in total. The minimum absolute atomic E-state index is 0.749. The Balaban J connectivity index is 2.09. The molecular formula is C11H17N3S. The highest BCUT2D eigenvalue weighted by Gasteiger charge is 2.19. The largest absolute Gasteiger partial charge is 0.397 e. The second-order valence-corrected chi connectivity index (χ2v) is 5.23. The molecule has 1 aliphatic rings. The number of hydrogen-bond donors (Lipinski definition) is 1. The molecule has 0 bridgehead atoms. The van der Waals surface area contributed by atoms with Crippen molar-refractivity contribution < 1.29 is 0 Å². The molecule has 1 fully saturated rings. The smallest absolute Gasteiger partial charge is 0.0574 e. The Morgan fingerprint density at radius 2 is 2.47 bits per heavy atom. The predicted molar refractivity (Wildman–Crippen MR) is 67.4 cm³/mol. The Kier molecular flexibility index (Phi) is 3.36. The van der Waals surface area contributed by atoms with Gasteiger partial charge in [-0.1, -0.05) is 6.92 Å². The van der Waals surface area contributed by atoms with Crippen molar-refractivity contribution in [2.45, 2.75) is 18.6 Å². The number of thioether (sulfide) groups is 1. The van der Waals surface area contributed by atoms with E-state index in [1.807, 2.05) is 12.3 Å². The van der Waals surface area contributed by atoms with Crippen molar-refractivity contribution in [1.29, 1.82) is 0 Å². The second-order valence-electron chi connectivity index (χ2n) is 3.82. The second kappa shape index (κ2) is 4.75. The summed E-state index contributed by atoms with van der Waals surface area (Å²) in [6.07, 6.45) is 4.83. The van der Waals surface area contributed by atoms with Crippen molar-refractivity contribution in [2.24, 2.45) is 0 Å². The first-order valence-corrected chi connectivity index (χ1v) is 6.41. The minimum Gasteiger partial charge on any atom is -0.397 e. The van der Waals surface area contributed by atoms with Crippen LogP contribution in [0.4, 0.5) is 11.4 Å². The quantitative estimate of drug-likeness (QED) is 0.832. The van der Waals surface area contributed by atoms with E-state index in [0.717, 1.165) is 29.7 Å². The molecule has 0 aliphatic carbocycles. The van der Waals surface area contributed by atoms with Crippen LogP contribution < -0.4 is 10.6 Å². The van der Waals surface area contributed by atoms with Crippen molar-refractivity contribution >= 4 is 23.1 Å².